The second-order valence-corrected chi connectivity index (χ2v) is 6.74. The molecule has 0 nitrogen and oxygen atoms in total. The van der Waals surface area contributed by atoms with E-state index in [4.69, 9.17) is 0 Å². The lowest BCUT2D eigenvalue weighted by atomic mass is 10.0. The smallest absolute Gasteiger partial charge is 0.00313 e. The van der Waals surface area contributed by atoms with Gasteiger partial charge in [-0.15, -0.1) is 0 Å². The first-order valence-corrected chi connectivity index (χ1v) is 9.56. The SMILES string of the molecule is BrCCCCCCCCCCc1ccc2ccccc2c1. The third kappa shape index (κ3) is 6.22. The van der Waals surface area contributed by atoms with E-state index in [2.05, 4.69) is 58.4 Å². The van der Waals surface area contributed by atoms with Crippen molar-refractivity contribution in [2.75, 3.05) is 5.33 Å². The van der Waals surface area contributed by atoms with Gasteiger partial charge < -0.3 is 0 Å². The monoisotopic (exact) mass is 346 g/mol. The van der Waals surface area contributed by atoms with Gasteiger partial charge in [0.15, 0.2) is 0 Å². The van der Waals surface area contributed by atoms with Gasteiger partial charge in [-0.25, -0.2) is 0 Å². The highest BCUT2D eigenvalue weighted by Gasteiger charge is 1.97. The Morgan fingerprint density at radius 2 is 1.24 bits per heavy atom. The number of rotatable bonds is 10. The minimum absolute atomic E-state index is 1.17. The van der Waals surface area contributed by atoms with E-state index in [1.165, 1.54) is 79.5 Å². The molecule has 114 valence electrons. The number of alkyl halides is 1. The maximum atomic E-state index is 3.49. The van der Waals surface area contributed by atoms with Crippen molar-refractivity contribution in [2.45, 2.75) is 57.8 Å². The van der Waals surface area contributed by atoms with Gasteiger partial charge in [-0.2, -0.15) is 0 Å². The zero-order valence-corrected chi connectivity index (χ0v) is 14.6. The third-order valence-corrected chi connectivity index (χ3v) is 4.72. The molecule has 2 aromatic carbocycles. The van der Waals surface area contributed by atoms with Crippen LogP contribution in [0.15, 0.2) is 42.5 Å². The van der Waals surface area contributed by atoms with E-state index in [0.29, 0.717) is 0 Å². The summed E-state index contributed by atoms with van der Waals surface area (Å²) in [6.45, 7) is 0. The molecule has 0 saturated heterocycles. The van der Waals surface area contributed by atoms with E-state index in [1.807, 2.05) is 0 Å². The average molecular weight is 347 g/mol. The standard InChI is InChI=1S/C20H27Br/c21-16-10-6-4-2-1-3-5-7-11-18-14-15-19-12-8-9-13-20(19)17-18/h8-9,12-15,17H,1-7,10-11,16H2. The number of aryl methyl sites for hydroxylation is 1. The van der Waals surface area contributed by atoms with Gasteiger partial charge in [0.2, 0.25) is 0 Å². The quantitative estimate of drug-likeness (QED) is 0.324. The highest BCUT2D eigenvalue weighted by atomic mass is 79.9. The molecule has 0 aromatic heterocycles. The molecule has 0 aliphatic carbocycles. The van der Waals surface area contributed by atoms with Crippen LogP contribution in [0, 0.1) is 0 Å². The second kappa shape index (κ2) is 10.00. The molecular formula is C20H27Br. The largest absolute Gasteiger partial charge is 0.0928 e. The number of hydrogen-bond donors (Lipinski definition) is 0. The minimum Gasteiger partial charge on any atom is -0.0928 e. The van der Waals surface area contributed by atoms with Crippen LogP contribution in [0.25, 0.3) is 10.8 Å². The predicted octanol–water partition coefficient (Wildman–Crippen LogP) is 6.90. The molecule has 0 spiro atoms. The van der Waals surface area contributed by atoms with Crippen LogP contribution in [-0.2, 0) is 6.42 Å². The second-order valence-electron chi connectivity index (χ2n) is 5.95. The van der Waals surface area contributed by atoms with Crippen molar-refractivity contribution in [3.05, 3.63) is 48.0 Å². The van der Waals surface area contributed by atoms with Crippen molar-refractivity contribution < 1.29 is 0 Å². The van der Waals surface area contributed by atoms with Crippen LogP contribution in [0.5, 0.6) is 0 Å². The predicted molar refractivity (Wildman–Crippen MR) is 98.4 cm³/mol. The summed E-state index contributed by atoms with van der Waals surface area (Å²) in [6, 6.07) is 15.6. The Kier molecular flexibility index (Phi) is 7.88. The van der Waals surface area contributed by atoms with Gasteiger partial charge in [0.25, 0.3) is 0 Å². The lowest BCUT2D eigenvalue weighted by Crippen LogP contribution is -1.87. The van der Waals surface area contributed by atoms with Crippen LogP contribution < -0.4 is 0 Å². The van der Waals surface area contributed by atoms with Gasteiger partial charge in [-0.05, 0) is 35.6 Å². The molecule has 2 aromatic rings. The summed E-state index contributed by atoms with van der Waals surface area (Å²) in [5.41, 5.74) is 1.49. The number of benzene rings is 2. The molecule has 0 aliphatic rings. The fourth-order valence-corrected chi connectivity index (χ4v) is 3.28. The Labute approximate surface area is 138 Å². The van der Waals surface area contributed by atoms with Gasteiger partial charge in [0.05, 0.1) is 0 Å². The van der Waals surface area contributed by atoms with Crippen LogP contribution in [0.1, 0.15) is 56.9 Å². The Morgan fingerprint density at radius 1 is 0.619 bits per heavy atom. The van der Waals surface area contributed by atoms with Crippen molar-refractivity contribution in [1.82, 2.24) is 0 Å². The van der Waals surface area contributed by atoms with Crippen LogP contribution in [-0.4, -0.2) is 5.33 Å². The Balaban J connectivity index is 1.59. The normalized spacial score (nSPS) is 11.1. The molecule has 0 N–H and O–H groups in total. The number of hydrogen-bond acceptors (Lipinski definition) is 0. The zero-order valence-electron chi connectivity index (χ0n) is 13.0. The summed E-state index contributed by atoms with van der Waals surface area (Å²) in [6.07, 6.45) is 12.3. The number of fused-ring (bicyclic) bond motifs is 1. The Hall–Kier alpha value is -0.820. The summed E-state index contributed by atoms with van der Waals surface area (Å²) in [5, 5.41) is 3.89. The molecule has 1 heteroatoms. The van der Waals surface area contributed by atoms with E-state index in [0.717, 1.165) is 0 Å². The Bertz CT molecular complexity index is 518. The molecule has 0 amide bonds. The first-order chi connectivity index (χ1) is 10.4. The maximum absolute atomic E-state index is 3.49. The summed E-state index contributed by atoms with van der Waals surface area (Å²) >= 11 is 3.49. The summed E-state index contributed by atoms with van der Waals surface area (Å²) in [5.74, 6) is 0. The summed E-state index contributed by atoms with van der Waals surface area (Å²) in [4.78, 5) is 0. The van der Waals surface area contributed by atoms with Crippen LogP contribution >= 0.6 is 15.9 Å². The molecule has 0 heterocycles. The minimum atomic E-state index is 1.17. The molecule has 0 saturated carbocycles. The van der Waals surface area contributed by atoms with Crippen molar-refractivity contribution in [3.63, 3.8) is 0 Å². The first-order valence-electron chi connectivity index (χ1n) is 8.44. The van der Waals surface area contributed by atoms with Crippen LogP contribution in [0.2, 0.25) is 0 Å². The lowest BCUT2D eigenvalue weighted by Gasteiger charge is -2.04. The number of halogens is 1. The molecule has 0 aliphatic heterocycles. The van der Waals surface area contributed by atoms with Crippen molar-refractivity contribution in [2.24, 2.45) is 0 Å². The maximum Gasteiger partial charge on any atom is 0.00313 e. The van der Waals surface area contributed by atoms with E-state index >= 15 is 0 Å². The first kappa shape index (κ1) is 16.5. The van der Waals surface area contributed by atoms with E-state index in [1.54, 1.807) is 0 Å². The van der Waals surface area contributed by atoms with Crippen LogP contribution in [0.4, 0.5) is 0 Å². The highest BCUT2D eigenvalue weighted by Crippen LogP contribution is 2.17. The fraction of sp³-hybridized carbons (Fsp3) is 0.500. The summed E-state index contributed by atoms with van der Waals surface area (Å²) < 4.78 is 0. The molecule has 0 unspecified atom stereocenters. The van der Waals surface area contributed by atoms with E-state index in [-0.39, 0.29) is 0 Å². The van der Waals surface area contributed by atoms with Gasteiger partial charge in [0, 0.05) is 5.33 Å². The van der Waals surface area contributed by atoms with E-state index in [9.17, 15) is 0 Å². The van der Waals surface area contributed by atoms with Gasteiger partial charge in [-0.1, -0.05) is 96.9 Å². The van der Waals surface area contributed by atoms with Gasteiger partial charge >= 0.3 is 0 Å². The van der Waals surface area contributed by atoms with Crippen LogP contribution in [0.3, 0.4) is 0 Å². The topological polar surface area (TPSA) is 0 Å². The van der Waals surface area contributed by atoms with E-state index < -0.39 is 0 Å². The summed E-state index contributed by atoms with van der Waals surface area (Å²) in [7, 11) is 0. The van der Waals surface area contributed by atoms with Gasteiger partial charge in [-0.3, -0.25) is 0 Å². The molecule has 2 rings (SSSR count). The zero-order chi connectivity index (χ0) is 14.8. The van der Waals surface area contributed by atoms with Crippen molar-refractivity contribution in [1.29, 1.82) is 0 Å². The fourth-order valence-electron chi connectivity index (χ4n) is 2.88. The average Bonchev–Trinajstić information content (AvgIpc) is 2.53. The highest BCUT2D eigenvalue weighted by molar-refractivity contribution is 9.09. The molecule has 0 atom stereocenters. The molecule has 0 fully saturated rings. The molecular weight excluding hydrogens is 320 g/mol. The number of unbranched alkanes of at least 4 members (excludes halogenated alkanes) is 7. The van der Waals surface area contributed by atoms with Crippen molar-refractivity contribution >= 4 is 26.7 Å². The molecule has 0 radical (unpaired) electrons. The third-order valence-electron chi connectivity index (χ3n) is 4.16. The van der Waals surface area contributed by atoms with Crippen molar-refractivity contribution in [3.8, 4) is 0 Å². The van der Waals surface area contributed by atoms with Gasteiger partial charge in [0.1, 0.15) is 0 Å². The lowest BCUT2D eigenvalue weighted by molar-refractivity contribution is 0.577. The molecule has 0 bridgehead atoms. The Morgan fingerprint density at radius 3 is 1.95 bits per heavy atom. The molecule has 21 heavy (non-hydrogen) atoms.